The Bertz CT molecular complexity index is 851. The monoisotopic (exact) mass is 357 g/mol. The zero-order valence-electron chi connectivity index (χ0n) is 11.4. The van der Waals surface area contributed by atoms with Crippen LogP contribution in [-0.4, -0.2) is 16.1 Å². The highest BCUT2D eigenvalue weighted by Crippen LogP contribution is 2.22. The Balaban J connectivity index is 1.93. The van der Waals surface area contributed by atoms with Gasteiger partial charge in [-0.3, -0.25) is 19.8 Å². The predicted octanol–water partition coefficient (Wildman–Crippen LogP) is 3.38. The molecule has 110 valence electrons. The van der Waals surface area contributed by atoms with Crippen molar-refractivity contribution in [2.45, 2.75) is 0 Å². The van der Waals surface area contributed by atoms with Gasteiger partial charge in [0, 0.05) is 15.6 Å². The van der Waals surface area contributed by atoms with Crippen molar-refractivity contribution in [3.63, 3.8) is 0 Å². The zero-order chi connectivity index (χ0) is 15.5. The largest absolute Gasteiger partial charge is 0.316 e. The molecule has 0 saturated carbocycles. The molecule has 0 atom stereocenters. The molecule has 3 rings (SSSR count). The van der Waals surface area contributed by atoms with E-state index in [0.29, 0.717) is 11.3 Å². The van der Waals surface area contributed by atoms with Gasteiger partial charge < -0.3 is 5.32 Å². The fourth-order valence-electron chi connectivity index (χ4n) is 2.09. The molecule has 22 heavy (non-hydrogen) atoms. The van der Waals surface area contributed by atoms with E-state index in [0.717, 1.165) is 10.0 Å². The Morgan fingerprint density at radius 2 is 1.64 bits per heavy atom. The van der Waals surface area contributed by atoms with Gasteiger partial charge in [0.2, 0.25) is 0 Å². The average molecular weight is 358 g/mol. The zero-order valence-corrected chi connectivity index (χ0v) is 13.0. The lowest BCUT2D eigenvalue weighted by Crippen LogP contribution is -2.17. The molecule has 0 aliphatic heterocycles. The SMILES string of the molecule is O=C(Nc1c(-c2ccccc2)[nH][nH]c1=O)c1ccc(Br)cc1. The number of benzene rings is 2. The Labute approximate surface area is 134 Å². The number of hydrogen-bond donors (Lipinski definition) is 3. The molecule has 0 saturated heterocycles. The third-order valence-corrected chi connectivity index (χ3v) is 3.71. The number of rotatable bonds is 3. The second-order valence-electron chi connectivity index (χ2n) is 4.66. The minimum absolute atomic E-state index is 0.208. The molecule has 0 spiro atoms. The fourth-order valence-corrected chi connectivity index (χ4v) is 2.35. The Hall–Kier alpha value is -2.60. The molecule has 1 heterocycles. The van der Waals surface area contributed by atoms with Crippen LogP contribution in [-0.2, 0) is 0 Å². The van der Waals surface area contributed by atoms with Crippen molar-refractivity contribution in [2.75, 3.05) is 5.32 Å². The van der Waals surface area contributed by atoms with Gasteiger partial charge in [-0.1, -0.05) is 46.3 Å². The van der Waals surface area contributed by atoms with Crippen molar-refractivity contribution < 1.29 is 4.79 Å². The van der Waals surface area contributed by atoms with Crippen LogP contribution in [0.4, 0.5) is 5.69 Å². The van der Waals surface area contributed by atoms with E-state index in [4.69, 9.17) is 0 Å². The van der Waals surface area contributed by atoms with Gasteiger partial charge in [-0.2, -0.15) is 0 Å². The van der Waals surface area contributed by atoms with E-state index in [9.17, 15) is 9.59 Å². The number of nitrogens with one attached hydrogen (secondary N) is 3. The van der Waals surface area contributed by atoms with Crippen LogP contribution in [0.15, 0.2) is 63.9 Å². The van der Waals surface area contributed by atoms with Crippen molar-refractivity contribution in [1.29, 1.82) is 0 Å². The lowest BCUT2D eigenvalue weighted by atomic mass is 10.1. The lowest BCUT2D eigenvalue weighted by Gasteiger charge is -2.05. The van der Waals surface area contributed by atoms with Gasteiger partial charge in [-0.05, 0) is 24.3 Å². The van der Waals surface area contributed by atoms with Gasteiger partial charge in [0.05, 0.1) is 5.69 Å². The maximum atomic E-state index is 12.3. The molecular weight excluding hydrogens is 346 g/mol. The van der Waals surface area contributed by atoms with Gasteiger partial charge in [-0.15, -0.1) is 0 Å². The molecule has 5 nitrogen and oxygen atoms in total. The number of hydrogen-bond acceptors (Lipinski definition) is 2. The molecule has 1 aromatic heterocycles. The van der Waals surface area contributed by atoms with E-state index in [1.807, 2.05) is 30.3 Å². The first-order valence-corrected chi connectivity index (χ1v) is 7.37. The number of carbonyl (C=O) groups is 1. The van der Waals surface area contributed by atoms with E-state index in [2.05, 4.69) is 31.4 Å². The number of carbonyl (C=O) groups excluding carboxylic acids is 1. The quantitative estimate of drug-likeness (QED) is 0.671. The highest BCUT2D eigenvalue weighted by Gasteiger charge is 2.15. The summed E-state index contributed by atoms with van der Waals surface area (Å²) in [5.74, 6) is -0.338. The van der Waals surface area contributed by atoms with Gasteiger partial charge in [0.1, 0.15) is 5.69 Å². The summed E-state index contributed by atoms with van der Waals surface area (Å²) >= 11 is 3.32. The third kappa shape index (κ3) is 2.87. The first-order chi connectivity index (χ1) is 10.6. The summed E-state index contributed by atoms with van der Waals surface area (Å²) in [6, 6.07) is 16.2. The van der Waals surface area contributed by atoms with Crippen molar-refractivity contribution >= 4 is 27.5 Å². The summed E-state index contributed by atoms with van der Waals surface area (Å²) < 4.78 is 0.883. The summed E-state index contributed by atoms with van der Waals surface area (Å²) in [6.45, 7) is 0. The van der Waals surface area contributed by atoms with Crippen LogP contribution in [0, 0.1) is 0 Å². The molecule has 0 fully saturated rings. The highest BCUT2D eigenvalue weighted by molar-refractivity contribution is 9.10. The Kier molecular flexibility index (Phi) is 3.93. The number of anilines is 1. The van der Waals surface area contributed by atoms with Crippen molar-refractivity contribution in [3.05, 3.63) is 75.0 Å². The van der Waals surface area contributed by atoms with Gasteiger partial charge in [0.25, 0.3) is 11.5 Å². The molecule has 0 radical (unpaired) electrons. The average Bonchev–Trinajstić information content (AvgIpc) is 2.90. The first-order valence-electron chi connectivity index (χ1n) is 6.58. The Morgan fingerprint density at radius 3 is 2.32 bits per heavy atom. The number of aromatic nitrogens is 2. The van der Waals surface area contributed by atoms with Crippen LogP contribution in [0.2, 0.25) is 0 Å². The van der Waals surface area contributed by atoms with Crippen molar-refractivity contribution in [1.82, 2.24) is 10.2 Å². The number of amides is 1. The van der Waals surface area contributed by atoms with E-state index >= 15 is 0 Å². The van der Waals surface area contributed by atoms with Crippen LogP contribution in [0.5, 0.6) is 0 Å². The first kappa shape index (κ1) is 14.3. The molecular formula is C16H12BrN3O2. The molecule has 3 N–H and O–H groups in total. The molecule has 0 aliphatic carbocycles. The van der Waals surface area contributed by atoms with Crippen LogP contribution < -0.4 is 10.9 Å². The number of H-pyrrole nitrogens is 2. The second kappa shape index (κ2) is 6.03. The fraction of sp³-hybridized carbons (Fsp3) is 0. The summed E-state index contributed by atoms with van der Waals surface area (Å²) in [4.78, 5) is 24.2. The molecule has 3 aromatic rings. The summed E-state index contributed by atoms with van der Waals surface area (Å²) in [5.41, 5.74) is 1.68. The minimum atomic E-state index is -0.371. The molecule has 1 amide bonds. The van der Waals surface area contributed by atoms with Crippen LogP contribution in [0.25, 0.3) is 11.3 Å². The summed E-state index contributed by atoms with van der Waals surface area (Å²) in [5, 5.41) is 7.96. The van der Waals surface area contributed by atoms with Crippen LogP contribution >= 0.6 is 15.9 Å². The topological polar surface area (TPSA) is 77.8 Å². The van der Waals surface area contributed by atoms with E-state index < -0.39 is 0 Å². The molecule has 0 bridgehead atoms. The molecule has 6 heteroatoms. The van der Waals surface area contributed by atoms with Gasteiger partial charge in [-0.25, -0.2) is 0 Å². The van der Waals surface area contributed by atoms with Gasteiger partial charge >= 0.3 is 0 Å². The van der Waals surface area contributed by atoms with Crippen molar-refractivity contribution in [2.24, 2.45) is 0 Å². The van der Waals surface area contributed by atoms with Crippen LogP contribution in [0.3, 0.4) is 0 Å². The van der Waals surface area contributed by atoms with Gasteiger partial charge in [0.15, 0.2) is 0 Å². The second-order valence-corrected chi connectivity index (χ2v) is 5.57. The normalized spacial score (nSPS) is 10.4. The summed E-state index contributed by atoms with van der Waals surface area (Å²) in [7, 11) is 0. The van der Waals surface area contributed by atoms with Crippen LogP contribution in [0.1, 0.15) is 10.4 Å². The van der Waals surface area contributed by atoms with Crippen molar-refractivity contribution in [3.8, 4) is 11.3 Å². The maximum absolute atomic E-state index is 12.3. The smallest absolute Gasteiger partial charge is 0.288 e. The maximum Gasteiger partial charge on any atom is 0.288 e. The Morgan fingerprint density at radius 1 is 0.955 bits per heavy atom. The molecule has 2 aromatic carbocycles. The summed E-state index contributed by atoms with van der Waals surface area (Å²) in [6.07, 6.45) is 0. The van der Waals surface area contributed by atoms with E-state index in [1.165, 1.54) is 0 Å². The van der Waals surface area contributed by atoms with E-state index in [-0.39, 0.29) is 17.2 Å². The minimum Gasteiger partial charge on any atom is -0.316 e. The van der Waals surface area contributed by atoms with E-state index in [1.54, 1.807) is 24.3 Å². The third-order valence-electron chi connectivity index (χ3n) is 3.19. The number of aromatic amines is 2. The standard InChI is InChI=1S/C16H12BrN3O2/c17-12-8-6-11(7-9-12)15(21)18-14-13(19-20-16(14)22)10-4-2-1-3-5-10/h1-9H,(H,18,21)(H2,19,20,22). The lowest BCUT2D eigenvalue weighted by molar-refractivity contribution is 0.102. The highest BCUT2D eigenvalue weighted by atomic mass is 79.9. The molecule has 0 aliphatic rings. The predicted molar refractivity (Wildman–Crippen MR) is 88.9 cm³/mol. The number of halogens is 1. The molecule has 0 unspecified atom stereocenters.